The van der Waals surface area contributed by atoms with Gasteiger partial charge in [0.25, 0.3) is 5.91 Å². The van der Waals surface area contributed by atoms with E-state index < -0.39 is 0 Å². The van der Waals surface area contributed by atoms with Gasteiger partial charge in [-0.05, 0) is 50.6 Å². The molecule has 0 radical (unpaired) electrons. The molecule has 2 amide bonds. The van der Waals surface area contributed by atoms with Crippen LogP contribution < -0.4 is 20.7 Å². The first-order valence-electron chi connectivity index (χ1n) is 7.23. The summed E-state index contributed by atoms with van der Waals surface area (Å²) in [6, 6.07) is 6.90. The van der Waals surface area contributed by atoms with Gasteiger partial charge in [-0.3, -0.25) is 9.59 Å². The highest BCUT2D eigenvalue weighted by molar-refractivity contribution is 5.95. The van der Waals surface area contributed by atoms with Crippen molar-refractivity contribution in [3.05, 3.63) is 24.3 Å². The van der Waals surface area contributed by atoms with Gasteiger partial charge in [-0.15, -0.1) is 0 Å². The van der Waals surface area contributed by atoms with Gasteiger partial charge in [0.15, 0.2) is 6.61 Å². The van der Waals surface area contributed by atoms with E-state index in [-0.39, 0.29) is 24.5 Å². The highest BCUT2D eigenvalue weighted by Crippen LogP contribution is 2.16. The zero-order valence-corrected chi connectivity index (χ0v) is 12.1. The molecule has 2 rings (SSSR count). The zero-order chi connectivity index (χ0) is 15.1. The second-order valence-electron chi connectivity index (χ2n) is 4.90. The highest BCUT2D eigenvalue weighted by atomic mass is 16.5. The van der Waals surface area contributed by atoms with Crippen LogP contribution in [0.1, 0.15) is 19.8 Å². The van der Waals surface area contributed by atoms with Crippen LogP contribution in [0.2, 0.25) is 0 Å². The maximum Gasteiger partial charge on any atom is 0.257 e. The molecule has 1 aromatic rings. The number of carbonyl (C=O) groups excluding carboxylic acids is 2. The molecule has 1 saturated heterocycles. The smallest absolute Gasteiger partial charge is 0.257 e. The largest absolute Gasteiger partial charge is 0.484 e. The number of hydrogen-bond donors (Lipinski definition) is 3. The third-order valence-electron chi connectivity index (χ3n) is 3.24. The molecule has 0 aromatic heterocycles. The summed E-state index contributed by atoms with van der Waals surface area (Å²) < 4.78 is 5.34. The maximum absolute atomic E-state index is 11.9. The Bertz CT molecular complexity index is 481. The first-order valence-corrected chi connectivity index (χ1v) is 7.23. The van der Waals surface area contributed by atoms with E-state index in [9.17, 15) is 9.59 Å². The van der Waals surface area contributed by atoms with E-state index >= 15 is 0 Å². The van der Waals surface area contributed by atoms with Crippen molar-refractivity contribution in [1.29, 1.82) is 0 Å². The van der Waals surface area contributed by atoms with Gasteiger partial charge in [0, 0.05) is 12.2 Å². The molecule has 0 saturated carbocycles. The fraction of sp³-hybridized carbons (Fsp3) is 0.467. The summed E-state index contributed by atoms with van der Waals surface area (Å²) in [5.41, 5.74) is 0.721. The average Bonchev–Trinajstić information content (AvgIpc) is 3.01. The van der Waals surface area contributed by atoms with Crippen LogP contribution in [-0.4, -0.2) is 37.6 Å². The van der Waals surface area contributed by atoms with Crippen LogP contribution in [0.15, 0.2) is 24.3 Å². The van der Waals surface area contributed by atoms with Crippen LogP contribution in [0, 0.1) is 0 Å². The third kappa shape index (κ3) is 4.75. The number of hydrogen-bond acceptors (Lipinski definition) is 4. The van der Waals surface area contributed by atoms with E-state index in [0.717, 1.165) is 25.1 Å². The Labute approximate surface area is 124 Å². The molecule has 1 heterocycles. The van der Waals surface area contributed by atoms with Gasteiger partial charge < -0.3 is 20.7 Å². The Morgan fingerprint density at radius 1 is 1.33 bits per heavy atom. The molecule has 1 aromatic carbocycles. The molecular weight excluding hydrogens is 270 g/mol. The van der Waals surface area contributed by atoms with Gasteiger partial charge in [-0.1, -0.05) is 0 Å². The number of amides is 2. The lowest BCUT2D eigenvalue weighted by Gasteiger charge is -2.11. The molecule has 0 bridgehead atoms. The minimum atomic E-state index is -0.151. The van der Waals surface area contributed by atoms with Gasteiger partial charge in [-0.25, -0.2) is 0 Å². The number of anilines is 1. The highest BCUT2D eigenvalue weighted by Gasteiger charge is 2.21. The molecule has 1 fully saturated rings. The van der Waals surface area contributed by atoms with Crippen molar-refractivity contribution in [1.82, 2.24) is 10.6 Å². The van der Waals surface area contributed by atoms with Crippen LogP contribution in [-0.2, 0) is 9.59 Å². The van der Waals surface area contributed by atoms with E-state index in [1.807, 2.05) is 6.92 Å². The number of carbonyl (C=O) groups is 2. The van der Waals surface area contributed by atoms with E-state index in [1.165, 1.54) is 0 Å². The van der Waals surface area contributed by atoms with Crippen LogP contribution in [0.4, 0.5) is 5.69 Å². The lowest BCUT2D eigenvalue weighted by molar-refractivity contribution is -0.123. The van der Waals surface area contributed by atoms with Crippen molar-refractivity contribution in [2.24, 2.45) is 0 Å². The summed E-state index contributed by atoms with van der Waals surface area (Å²) >= 11 is 0. The quantitative estimate of drug-likeness (QED) is 0.727. The first-order chi connectivity index (χ1) is 10.2. The molecule has 1 atom stereocenters. The number of nitrogens with one attached hydrogen (secondary N) is 3. The molecule has 6 heteroatoms. The normalized spacial score (nSPS) is 17.3. The second kappa shape index (κ2) is 7.64. The molecule has 1 aliphatic heterocycles. The second-order valence-corrected chi connectivity index (χ2v) is 4.90. The summed E-state index contributed by atoms with van der Waals surface area (Å²) in [7, 11) is 0. The SMILES string of the molecule is CCNC(=O)COc1ccc(NC(=O)C2CCCN2)cc1. The van der Waals surface area contributed by atoms with Crippen molar-refractivity contribution in [3.63, 3.8) is 0 Å². The van der Waals surface area contributed by atoms with Crippen molar-refractivity contribution in [3.8, 4) is 5.75 Å². The van der Waals surface area contributed by atoms with E-state index in [4.69, 9.17) is 4.74 Å². The Morgan fingerprint density at radius 2 is 2.10 bits per heavy atom. The fourth-order valence-corrected chi connectivity index (χ4v) is 2.17. The standard InChI is InChI=1S/C15H21N3O3/c1-2-16-14(19)10-21-12-7-5-11(6-8-12)18-15(20)13-4-3-9-17-13/h5-8,13,17H,2-4,9-10H2,1H3,(H,16,19)(H,18,20). The predicted octanol–water partition coefficient (Wildman–Crippen LogP) is 0.892. The summed E-state index contributed by atoms with van der Waals surface area (Å²) in [4.78, 5) is 23.2. The first kappa shape index (κ1) is 15.3. The zero-order valence-electron chi connectivity index (χ0n) is 12.1. The topological polar surface area (TPSA) is 79.5 Å². The third-order valence-corrected chi connectivity index (χ3v) is 3.24. The molecule has 21 heavy (non-hydrogen) atoms. The Hall–Kier alpha value is -2.08. The minimum absolute atomic E-state index is 0.00839. The summed E-state index contributed by atoms with van der Waals surface area (Å²) in [5, 5.41) is 8.67. The fourth-order valence-electron chi connectivity index (χ4n) is 2.17. The maximum atomic E-state index is 11.9. The molecule has 0 aliphatic carbocycles. The molecular formula is C15H21N3O3. The van der Waals surface area contributed by atoms with Crippen LogP contribution in [0.25, 0.3) is 0 Å². The summed E-state index contributed by atoms with van der Waals surface area (Å²) in [6.45, 7) is 3.33. The van der Waals surface area contributed by atoms with Gasteiger partial charge in [0.2, 0.25) is 5.91 Å². The monoisotopic (exact) mass is 291 g/mol. The molecule has 1 aliphatic rings. The van der Waals surface area contributed by atoms with Gasteiger partial charge in [0.1, 0.15) is 5.75 Å². The lowest BCUT2D eigenvalue weighted by atomic mass is 10.2. The van der Waals surface area contributed by atoms with E-state index in [1.54, 1.807) is 24.3 Å². The van der Waals surface area contributed by atoms with Crippen molar-refractivity contribution < 1.29 is 14.3 Å². The van der Waals surface area contributed by atoms with E-state index in [2.05, 4.69) is 16.0 Å². The van der Waals surface area contributed by atoms with Crippen LogP contribution >= 0.6 is 0 Å². The number of likely N-dealkylation sites (N-methyl/N-ethyl adjacent to an activating group) is 1. The van der Waals surface area contributed by atoms with E-state index in [0.29, 0.717) is 12.3 Å². The lowest BCUT2D eigenvalue weighted by Crippen LogP contribution is -2.35. The average molecular weight is 291 g/mol. The summed E-state index contributed by atoms with van der Waals surface area (Å²) in [6.07, 6.45) is 1.91. The molecule has 114 valence electrons. The van der Waals surface area contributed by atoms with Crippen LogP contribution in [0.5, 0.6) is 5.75 Å². The molecule has 6 nitrogen and oxygen atoms in total. The number of ether oxygens (including phenoxy) is 1. The van der Waals surface area contributed by atoms with Crippen molar-refractivity contribution >= 4 is 17.5 Å². The Balaban J connectivity index is 1.81. The van der Waals surface area contributed by atoms with Gasteiger partial charge in [0.05, 0.1) is 6.04 Å². The van der Waals surface area contributed by atoms with Crippen molar-refractivity contribution in [2.45, 2.75) is 25.8 Å². The van der Waals surface area contributed by atoms with Crippen LogP contribution in [0.3, 0.4) is 0 Å². The molecule has 0 spiro atoms. The number of rotatable bonds is 6. The number of benzene rings is 1. The van der Waals surface area contributed by atoms with Crippen molar-refractivity contribution in [2.75, 3.05) is 25.0 Å². The predicted molar refractivity (Wildman–Crippen MR) is 80.3 cm³/mol. The summed E-state index contributed by atoms with van der Waals surface area (Å²) in [5.74, 6) is 0.434. The minimum Gasteiger partial charge on any atom is -0.484 e. The molecule has 3 N–H and O–H groups in total. The Kier molecular flexibility index (Phi) is 5.57. The van der Waals surface area contributed by atoms with Gasteiger partial charge >= 0.3 is 0 Å². The Morgan fingerprint density at radius 3 is 2.71 bits per heavy atom. The van der Waals surface area contributed by atoms with Gasteiger partial charge in [-0.2, -0.15) is 0 Å². The molecule has 1 unspecified atom stereocenters.